The SMILES string of the molecule is Cc1ccc(S(=O)(=O)OC(C)COCCOCc2ccccc2)cc1. The molecule has 0 heterocycles. The smallest absolute Gasteiger partial charge is 0.297 e. The molecule has 25 heavy (non-hydrogen) atoms. The summed E-state index contributed by atoms with van der Waals surface area (Å²) in [5.41, 5.74) is 2.09. The predicted molar refractivity (Wildman–Crippen MR) is 95.8 cm³/mol. The molecule has 1 atom stereocenters. The first-order valence-corrected chi connectivity index (χ1v) is 9.57. The fourth-order valence-corrected chi connectivity index (χ4v) is 3.20. The zero-order valence-electron chi connectivity index (χ0n) is 14.6. The maximum Gasteiger partial charge on any atom is 0.297 e. The molecule has 0 aliphatic heterocycles. The van der Waals surface area contributed by atoms with Crippen LogP contribution in [0.3, 0.4) is 0 Å². The Morgan fingerprint density at radius 3 is 2.24 bits per heavy atom. The minimum atomic E-state index is -3.77. The van der Waals surface area contributed by atoms with Crippen molar-refractivity contribution in [3.8, 4) is 0 Å². The lowest BCUT2D eigenvalue weighted by molar-refractivity contribution is 0.0134. The molecule has 5 nitrogen and oxygen atoms in total. The van der Waals surface area contributed by atoms with Crippen LogP contribution in [0.25, 0.3) is 0 Å². The molecule has 0 N–H and O–H groups in total. The zero-order chi connectivity index (χ0) is 18.1. The Morgan fingerprint density at radius 2 is 1.56 bits per heavy atom. The molecule has 1 unspecified atom stereocenters. The van der Waals surface area contributed by atoms with Crippen molar-refractivity contribution < 1.29 is 22.1 Å². The number of hydrogen-bond donors (Lipinski definition) is 0. The van der Waals surface area contributed by atoms with Gasteiger partial charge in [0.2, 0.25) is 0 Å². The highest BCUT2D eigenvalue weighted by Crippen LogP contribution is 2.15. The average molecular weight is 364 g/mol. The van der Waals surface area contributed by atoms with Crippen LogP contribution >= 0.6 is 0 Å². The Bertz CT molecular complexity index is 726. The Kier molecular flexibility index (Phi) is 7.58. The number of hydrogen-bond acceptors (Lipinski definition) is 5. The van der Waals surface area contributed by atoms with Gasteiger partial charge in [0, 0.05) is 0 Å². The topological polar surface area (TPSA) is 61.8 Å². The molecule has 6 heteroatoms. The summed E-state index contributed by atoms with van der Waals surface area (Å²) in [5.74, 6) is 0. The van der Waals surface area contributed by atoms with Gasteiger partial charge in [0.15, 0.2) is 0 Å². The molecule has 0 aliphatic carbocycles. The second kappa shape index (κ2) is 9.68. The lowest BCUT2D eigenvalue weighted by atomic mass is 10.2. The number of rotatable bonds is 10. The van der Waals surface area contributed by atoms with Crippen LogP contribution in [0.4, 0.5) is 0 Å². The zero-order valence-corrected chi connectivity index (χ0v) is 15.4. The highest BCUT2D eigenvalue weighted by molar-refractivity contribution is 7.86. The van der Waals surface area contributed by atoms with Crippen molar-refractivity contribution in [1.82, 2.24) is 0 Å². The van der Waals surface area contributed by atoms with Gasteiger partial charge in [-0.05, 0) is 31.5 Å². The van der Waals surface area contributed by atoms with Crippen LogP contribution in [0.5, 0.6) is 0 Å². The molecule has 0 bridgehead atoms. The fourth-order valence-electron chi connectivity index (χ4n) is 2.14. The van der Waals surface area contributed by atoms with Crippen LogP contribution in [0, 0.1) is 6.92 Å². The summed E-state index contributed by atoms with van der Waals surface area (Å²) >= 11 is 0. The summed E-state index contributed by atoms with van der Waals surface area (Å²) in [6, 6.07) is 16.4. The van der Waals surface area contributed by atoms with E-state index >= 15 is 0 Å². The van der Waals surface area contributed by atoms with E-state index in [1.54, 1.807) is 19.1 Å². The van der Waals surface area contributed by atoms with E-state index in [4.69, 9.17) is 13.7 Å². The molecule has 0 fully saturated rings. The van der Waals surface area contributed by atoms with Crippen molar-refractivity contribution in [2.45, 2.75) is 31.5 Å². The Labute approximate surface area is 149 Å². The van der Waals surface area contributed by atoms with Crippen molar-refractivity contribution in [3.05, 3.63) is 65.7 Å². The van der Waals surface area contributed by atoms with E-state index < -0.39 is 16.2 Å². The first-order chi connectivity index (χ1) is 12.0. The van der Waals surface area contributed by atoms with E-state index in [0.29, 0.717) is 19.8 Å². The summed E-state index contributed by atoms with van der Waals surface area (Å²) in [6.07, 6.45) is -0.569. The van der Waals surface area contributed by atoms with Gasteiger partial charge < -0.3 is 9.47 Å². The highest BCUT2D eigenvalue weighted by atomic mass is 32.2. The Balaban J connectivity index is 1.65. The Morgan fingerprint density at radius 1 is 0.920 bits per heavy atom. The summed E-state index contributed by atoms with van der Waals surface area (Å²) in [7, 11) is -3.77. The quantitative estimate of drug-likeness (QED) is 0.478. The van der Waals surface area contributed by atoms with Crippen LogP contribution < -0.4 is 0 Å². The van der Waals surface area contributed by atoms with Gasteiger partial charge in [-0.1, -0.05) is 48.0 Å². The predicted octanol–water partition coefficient (Wildman–Crippen LogP) is 3.32. The minimum Gasteiger partial charge on any atom is -0.376 e. The van der Waals surface area contributed by atoms with Gasteiger partial charge in [0.1, 0.15) is 0 Å². The first kappa shape index (κ1) is 19.6. The first-order valence-electron chi connectivity index (χ1n) is 8.17. The molecule has 2 aromatic carbocycles. The Hall–Kier alpha value is -1.73. The molecule has 2 rings (SSSR count). The van der Waals surface area contributed by atoms with Crippen molar-refractivity contribution >= 4 is 10.1 Å². The summed E-state index contributed by atoms with van der Waals surface area (Å²) < 4.78 is 40.4. The summed E-state index contributed by atoms with van der Waals surface area (Å²) in [6.45, 7) is 5.08. The van der Waals surface area contributed by atoms with E-state index in [9.17, 15) is 8.42 Å². The highest BCUT2D eigenvalue weighted by Gasteiger charge is 2.18. The van der Waals surface area contributed by atoms with Crippen LogP contribution in [0.15, 0.2) is 59.5 Å². The lowest BCUT2D eigenvalue weighted by Crippen LogP contribution is -2.21. The molecule has 0 spiro atoms. The van der Waals surface area contributed by atoms with Crippen LogP contribution in [0.1, 0.15) is 18.1 Å². The van der Waals surface area contributed by atoms with Gasteiger partial charge in [0.05, 0.1) is 37.4 Å². The maximum absolute atomic E-state index is 12.1. The largest absolute Gasteiger partial charge is 0.376 e. The molecule has 0 aliphatic rings. The molecule has 136 valence electrons. The molecule has 0 saturated carbocycles. The van der Waals surface area contributed by atoms with Crippen molar-refractivity contribution in [2.75, 3.05) is 19.8 Å². The third kappa shape index (κ3) is 6.96. The van der Waals surface area contributed by atoms with Crippen molar-refractivity contribution in [1.29, 1.82) is 0 Å². The van der Waals surface area contributed by atoms with E-state index in [1.807, 2.05) is 37.3 Å². The van der Waals surface area contributed by atoms with Gasteiger partial charge >= 0.3 is 0 Å². The summed E-state index contributed by atoms with van der Waals surface area (Å²) in [5, 5.41) is 0. The third-order valence-electron chi connectivity index (χ3n) is 3.44. The van der Waals surface area contributed by atoms with Crippen LogP contribution in [-0.4, -0.2) is 34.3 Å². The maximum atomic E-state index is 12.1. The van der Waals surface area contributed by atoms with Crippen molar-refractivity contribution in [3.63, 3.8) is 0 Å². The molecular weight excluding hydrogens is 340 g/mol. The van der Waals surface area contributed by atoms with E-state index in [-0.39, 0.29) is 11.5 Å². The van der Waals surface area contributed by atoms with Gasteiger partial charge in [-0.25, -0.2) is 0 Å². The van der Waals surface area contributed by atoms with E-state index in [1.165, 1.54) is 12.1 Å². The van der Waals surface area contributed by atoms with Crippen LogP contribution in [0.2, 0.25) is 0 Å². The van der Waals surface area contributed by atoms with Crippen LogP contribution in [-0.2, 0) is 30.4 Å². The molecular formula is C19H24O5S. The van der Waals surface area contributed by atoms with Gasteiger partial charge in [0.25, 0.3) is 10.1 Å². The molecule has 0 amide bonds. The standard InChI is InChI=1S/C19H24O5S/c1-16-8-10-19(11-9-16)25(20,21)24-17(2)14-22-12-13-23-15-18-6-4-3-5-7-18/h3-11,17H,12-15H2,1-2H3. The van der Waals surface area contributed by atoms with E-state index in [2.05, 4.69) is 0 Å². The van der Waals surface area contributed by atoms with E-state index in [0.717, 1.165) is 11.1 Å². The average Bonchev–Trinajstić information content (AvgIpc) is 2.59. The monoisotopic (exact) mass is 364 g/mol. The number of aryl methyl sites for hydroxylation is 1. The number of ether oxygens (including phenoxy) is 2. The molecule has 0 aromatic heterocycles. The fraction of sp³-hybridized carbons (Fsp3) is 0.368. The lowest BCUT2D eigenvalue weighted by Gasteiger charge is -2.13. The van der Waals surface area contributed by atoms with Gasteiger partial charge in [-0.2, -0.15) is 8.42 Å². The van der Waals surface area contributed by atoms with Gasteiger partial charge in [-0.3, -0.25) is 4.18 Å². The summed E-state index contributed by atoms with van der Waals surface area (Å²) in [4.78, 5) is 0.149. The van der Waals surface area contributed by atoms with Gasteiger partial charge in [-0.15, -0.1) is 0 Å². The second-order valence-corrected chi connectivity index (χ2v) is 7.36. The normalized spacial score (nSPS) is 12.9. The minimum absolute atomic E-state index is 0.149. The third-order valence-corrected chi connectivity index (χ3v) is 4.87. The van der Waals surface area contributed by atoms with Crippen molar-refractivity contribution in [2.24, 2.45) is 0 Å². The molecule has 2 aromatic rings. The molecule has 0 radical (unpaired) electrons. The molecule has 0 saturated heterocycles. The number of benzene rings is 2. The second-order valence-electron chi connectivity index (χ2n) is 5.79.